The third-order valence-corrected chi connectivity index (χ3v) is 1.04. The maximum absolute atomic E-state index is 8.83. The zero-order chi connectivity index (χ0) is 13.9. The van der Waals surface area contributed by atoms with Crippen molar-refractivity contribution < 1.29 is 13.3 Å². The molecule has 0 amide bonds. The molecule has 1 nitrogen and oxygen atoms in total. The number of allylic oxidation sites excluding steroid dienone is 3. The van der Waals surface area contributed by atoms with Gasteiger partial charge in [0.15, 0.2) is 0 Å². The molecule has 0 fully saturated rings. The second-order valence-corrected chi connectivity index (χ2v) is 2.37. The maximum Gasteiger partial charge on any atom is 0.0614 e. The minimum atomic E-state index is -2.71. The summed E-state index contributed by atoms with van der Waals surface area (Å²) in [4.78, 5) is 0. The molecule has 0 bridgehead atoms. The van der Waals surface area contributed by atoms with Crippen LogP contribution in [0.25, 0.3) is 0 Å². The standard InChI is InChI=1S/C10H18O/c1-9(2)5-4-6-10(3)7-8-11/h5,7,11H,4,6,8H2,1-3H3/b10-7+/i3D3,6D2,7D. The lowest BCUT2D eigenvalue weighted by molar-refractivity contribution is 0.341. The third kappa shape index (κ3) is 7.34. The Labute approximate surface area is 77.9 Å². The molecule has 0 radical (unpaired) electrons. The molecular formula is C10H18O. The highest BCUT2D eigenvalue weighted by Crippen LogP contribution is 2.05. The number of hydrogen-bond donors (Lipinski definition) is 1. The van der Waals surface area contributed by atoms with Crippen molar-refractivity contribution in [2.75, 3.05) is 6.61 Å². The molecule has 0 spiro atoms. The highest BCUT2D eigenvalue weighted by molar-refractivity contribution is 5.01. The highest BCUT2D eigenvalue weighted by Gasteiger charge is 1.86. The van der Waals surface area contributed by atoms with Crippen LogP contribution in [0.2, 0.25) is 0 Å². The van der Waals surface area contributed by atoms with Gasteiger partial charge in [0.2, 0.25) is 0 Å². The van der Waals surface area contributed by atoms with Crippen LogP contribution in [0.1, 0.15) is 41.7 Å². The van der Waals surface area contributed by atoms with Crippen molar-refractivity contribution in [2.24, 2.45) is 0 Å². The van der Waals surface area contributed by atoms with Crippen LogP contribution in [0.15, 0.2) is 23.3 Å². The Morgan fingerprint density at radius 3 is 2.91 bits per heavy atom. The molecule has 0 unspecified atom stereocenters. The van der Waals surface area contributed by atoms with Crippen LogP contribution < -0.4 is 0 Å². The molecule has 0 aromatic rings. The van der Waals surface area contributed by atoms with E-state index in [1.165, 1.54) is 0 Å². The lowest BCUT2D eigenvalue weighted by Gasteiger charge is -1.96. The second-order valence-electron chi connectivity index (χ2n) is 2.37. The van der Waals surface area contributed by atoms with E-state index in [1.54, 1.807) is 19.9 Å². The van der Waals surface area contributed by atoms with Gasteiger partial charge in [-0.1, -0.05) is 23.3 Å². The summed E-state index contributed by atoms with van der Waals surface area (Å²) in [6.07, 6.45) is -0.690. The van der Waals surface area contributed by atoms with E-state index in [9.17, 15) is 0 Å². The summed E-state index contributed by atoms with van der Waals surface area (Å²) in [5.74, 6) is 0. The first kappa shape index (κ1) is 3.90. The van der Waals surface area contributed by atoms with E-state index in [0.29, 0.717) is 0 Å². The summed E-state index contributed by atoms with van der Waals surface area (Å²) in [5.41, 5.74) is 0.249. The molecule has 0 rings (SSSR count). The first-order valence-corrected chi connectivity index (χ1v) is 3.47. The Bertz CT molecular complexity index is 322. The van der Waals surface area contributed by atoms with Crippen LogP contribution >= 0.6 is 0 Å². The van der Waals surface area contributed by atoms with Gasteiger partial charge in [-0.25, -0.2) is 0 Å². The SMILES string of the molecule is [2H]/C(CO)=C(/C([2H])([2H])[2H])C([2H])([2H])CC=C(C)C. The molecule has 64 valence electrons. The second kappa shape index (κ2) is 6.17. The van der Waals surface area contributed by atoms with Gasteiger partial charge < -0.3 is 5.11 Å². The van der Waals surface area contributed by atoms with Gasteiger partial charge in [0.1, 0.15) is 0 Å². The summed E-state index contributed by atoms with van der Waals surface area (Å²) in [6.45, 7) is 0.0752. The molecule has 0 aromatic heterocycles. The van der Waals surface area contributed by atoms with Gasteiger partial charge in [-0.3, -0.25) is 0 Å². The molecule has 0 saturated heterocycles. The van der Waals surface area contributed by atoms with Crippen molar-refractivity contribution in [1.29, 1.82) is 0 Å². The van der Waals surface area contributed by atoms with Crippen molar-refractivity contribution >= 4 is 0 Å². The summed E-state index contributed by atoms with van der Waals surface area (Å²) < 4.78 is 44.6. The molecule has 0 saturated carbocycles. The minimum absolute atomic E-state index is 0.120. The van der Waals surface area contributed by atoms with E-state index in [1.807, 2.05) is 0 Å². The molecule has 0 aliphatic carbocycles. The predicted octanol–water partition coefficient (Wildman–Crippen LogP) is 2.67. The van der Waals surface area contributed by atoms with Gasteiger partial charge in [-0.05, 0) is 33.5 Å². The summed E-state index contributed by atoms with van der Waals surface area (Å²) in [5, 5.41) is 8.83. The molecular weight excluding hydrogens is 136 g/mol. The predicted molar refractivity (Wildman–Crippen MR) is 49.5 cm³/mol. The number of aliphatic hydroxyl groups excluding tert-OH is 1. The van der Waals surface area contributed by atoms with E-state index in [2.05, 4.69) is 0 Å². The van der Waals surface area contributed by atoms with Crippen molar-refractivity contribution in [3.63, 3.8) is 0 Å². The van der Waals surface area contributed by atoms with Gasteiger partial charge in [0, 0.05) is 6.85 Å². The number of hydrogen-bond acceptors (Lipinski definition) is 1. The van der Waals surface area contributed by atoms with Crippen molar-refractivity contribution in [1.82, 2.24) is 0 Å². The Morgan fingerprint density at radius 2 is 2.45 bits per heavy atom. The van der Waals surface area contributed by atoms with Gasteiger partial charge in [0.25, 0.3) is 0 Å². The number of rotatable bonds is 4. The van der Waals surface area contributed by atoms with Gasteiger partial charge in [-0.2, -0.15) is 0 Å². The van der Waals surface area contributed by atoms with Crippen LogP contribution in [0.5, 0.6) is 0 Å². The fraction of sp³-hybridized carbons (Fsp3) is 0.600. The van der Waals surface area contributed by atoms with E-state index in [4.69, 9.17) is 13.3 Å². The fourth-order valence-electron chi connectivity index (χ4n) is 0.499. The quantitative estimate of drug-likeness (QED) is 0.627. The summed E-state index contributed by atoms with van der Waals surface area (Å²) >= 11 is 0. The Morgan fingerprint density at radius 1 is 1.73 bits per heavy atom. The molecule has 0 atom stereocenters. The Kier molecular flexibility index (Phi) is 2.19. The minimum Gasteiger partial charge on any atom is -0.392 e. The number of aliphatic hydroxyl groups is 1. The first-order chi connectivity index (χ1) is 7.52. The van der Waals surface area contributed by atoms with E-state index < -0.39 is 31.5 Å². The molecule has 0 aromatic carbocycles. The molecule has 11 heavy (non-hydrogen) atoms. The monoisotopic (exact) mass is 160 g/mol. The molecule has 0 aliphatic rings. The molecule has 1 heteroatoms. The zero-order valence-corrected chi connectivity index (χ0v) is 6.94. The molecule has 1 N–H and O–H groups in total. The normalized spacial score (nSPS) is 22.8. The van der Waals surface area contributed by atoms with Crippen LogP contribution in [0.3, 0.4) is 0 Å². The van der Waals surface area contributed by atoms with Crippen molar-refractivity contribution in [3.05, 3.63) is 23.3 Å². The maximum atomic E-state index is 8.83. The van der Waals surface area contributed by atoms with E-state index in [-0.39, 0.29) is 6.42 Å². The Hall–Kier alpha value is -0.560. The van der Waals surface area contributed by atoms with E-state index in [0.717, 1.165) is 5.57 Å². The van der Waals surface area contributed by atoms with Gasteiger partial charge in [-0.15, -0.1) is 0 Å². The zero-order valence-electron chi connectivity index (χ0n) is 12.9. The van der Waals surface area contributed by atoms with Crippen LogP contribution in [-0.4, -0.2) is 11.7 Å². The lowest BCUT2D eigenvalue weighted by atomic mass is 10.1. The summed E-state index contributed by atoms with van der Waals surface area (Å²) in [6, 6.07) is -0.572. The lowest BCUT2D eigenvalue weighted by Crippen LogP contribution is -1.80. The first-order valence-electron chi connectivity index (χ1n) is 6.47. The Balaban J connectivity index is 5.42. The summed E-state index contributed by atoms with van der Waals surface area (Å²) in [7, 11) is 0. The topological polar surface area (TPSA) is 20.2 Å². The average molecular weight is 160 g/mol. The fourth-order valence-corrected chi connectivity index (χ4v) is 0.499. The van der Waals surface area contributed by atoms with Gasteiger partial charge >= 0.3 is 0 Å². The van der Waals surface area contributed by atoms with E-state index >= 15 is 0 Å². The van der Waals surface area contributed by atoms with Crippen molar-refractivity contribution in [3.8, 4) is 0 Å². The van der Waals surface area contributed by atoms with Crippen LogP contribution in [0.4, 0.5) is 0 Å². The van der Waals surface area contributed by atoms with Crippen LogP contribution in [0, 0.1) is 0 Å². The van der Waals surface area contributed by atoms with Gasteiger partial charge in [0.05, 0.1) is 7.98 Å². The largest absolute Gasteiger partial charge is 0.392 e. The average Bonchev–Trinajstić information content (AvgIpc) is 2.12. The smallest absolute Gasteiger partial charge is 0.0614 e. The van der Waals surface area contributed by atoms with Crippen LogP contribution in [-0.2, 0) is 0 Å². The van der Waals surface area contributed by atoms with Crippen molar-refractivity contribution in [2.45, 2.75) is 33.5 Å². The highest BCUT2D eigenvalue weighted by atomic mass is 16.2. The molecule has 0 heterocycles. The molecule has 0 aliphatic heterocycles. The third-order valence-electron chi connectivity index (χ3n) is 1.04.